The Labute approximate surface area is 115 Å². The molecule has 1 saturated carbocycles. The summed E-state index contributed by atoms with van der Waals surface area (Å²) in [7, 11) is 0. The number of hydrogen-bond acceptors (Lipinski definition) is 2. The van der Waals surface area contributed by atoms with Crippen molar-refractivity contribution >= 4 is 17.4 Å². The molecule has 0 radical (unpaired) electrons. The maximum absolute atomic E-state index is 10.8. The minimum atomic E-state index is -0.804. The molecule has 0 amide bonds. The molecule has 1 aliphatic rings. The molecule has 0 heterocycles. The molecule has 1 fully saturated rings. The number of carboxylic acids is 1. The van der Waals surface area contributed by atoms with Crippen molar-refractivity contribution in [2.45, 2.75) is 52.4 Å². The predicted octanol–water partition coefficient (Wildman–Crippen LogP) is 4.38. The molecule has 0 unspecified atom stereocenters. The lowest BCUT2D eigenvalue weighted by Crippen LogP contribution is -2.05. The molecule has 0 atom stereocenters. The van der Waals surface area contributed by atoms with E-state index in [0.29, 0.717) is 0 Å². The fourth-order valence-electron chi connectivity index (χ4n) is 2.17. The zero-order valence-corrected chi connectivity index (χ0v) is 11.9. The van der Waals surface area contributed by atoms with Gasteiger partial charge in [-0.15, -0.1) is 0 Å². The van der Waals surface area contributed by atoms with Crippen molar-refractivity contribution in [1.82, 2.24) is 0 Å². The first-order valence-corrected chi connectivity index (χ1v) is 7.12. The van der Waals surface area contributed by atoms with Gasteiger partial charge in [-0.1, -0.05) is 38.5 Å². The Morgan fingerprint density at radius 2 is 1.79 bits per heavy atom. The van der Waals surface area contributed by atoms with E-state index in [4.69, 9.17) is 5.11 Å². The lowest BCUT2D eigenvalue weighted by Gasteiger charge is -2.13. The third-order valence-electron chi connectivity index (χ3n) is 3.04. The van der Waals surface area contributed by atoms with Gasteiger partial charge in [-0.3, -0.25) is 9.79 Å². The number of benzene rings is 1. The molecule has 2 rings (SSSR count). The summed E-state index contributed by atoms with van der Waals surface area (Å²) in [5, 5.41) is 8.85. The molecule has 0 aliphatic heterocycles. The van der Waals surface area contributed by atoms with Crippen molar-refractivity contribution in [1.29, 1.82) is 0 Å². The quantitative estimate of drug-likeness (QED) is 0.878. The van der Waals surface area contributed by atoms with Crippen LogP contribution < -0.4 is 0 Å². The van der Waals surface area contributed by atoms with Gasteiger partial charge < -0.3 is 5.11 Å². The van der Waals surface area contributed by atoms with Crippen LogP contribution in [-0.2, 0) is 11.2 Å². The van der Waals surface area contributed by atoms with Crippen LogP contribution >= 0.6 is 0 Å². The van der Waals surface area contributed by atoms with E-state index in [1.165, 1.54) is 25.0 Å². The molecule has 1 aromatic carbocycles. The number of carbonyl (C=O) groups is 1. The SMILES string of the molecule is CC.O=C(O)Cc1ccccc1N=C1CCCCC1. The van der Waals surface area contributed by atoms with Crippen molar-refractivity contribution in [2.24, 2.45) is 4.99 Å². The van der Waals surface area contributed by atoms with Crippen LogP contribution in [0.5, 0.6) is 0 Å². The van der Waals surface area contributed by atoms with E-state index < -0.39 is 5.97 Å². The monoisotopic (exact) mass is 261 g/mol. The average Bonchev–Trinajstić information content (AvgIpc) is 2.44. The summed E-state index contributed by atoms with van der Waals surface area (Å²) in [4.78, 5) is 15.4. The Balaban J connectivity index is 0.000000861. The Hall–Kier alpha value is -1.64. The molecule has 0 aromatic heterocycles. The summed E-state index contributed by atoms with van der Waals surface area (Å²) >= 11 is 0. The zero-order chi connectivity index (χ0) is 14.1. The summed E-state index contributed by atoms with van der Waals surface area (Å²) in [6.07, 6.45) is 5.87. The van der Waals surface area contributed by atoms with Gasteiger partial charge in [0.2, 0.25) is 0 Å². The van der Waals surface area contributed by atoms with Crippen LogP contribution in [0.4, 0.5) is 5.69 Å². The van der Waals surface area contributed by atoms with Crippen LogP contribution in [0.3, 0.4) is 0 Å². The van der Waals surface area contributed by atoms with Gasteiger partial charge in [-0.2, -0.15) is 0 Å². The fraction of sp³-hybridized carbons (Fsp3) is 0.500. The molecule has 0 spiro atoms. The lowest BCUT2D eigenvalue weighted by molar-refractivity contribution is -0.136. The molecule has 3 nitrogen and oxygen atoms in total. The van der Waals surface area contributed by atoms with Gasteiger partial charge in [0.15, 0.2) is 0 Å². The number of hydrogen-bond donors (Lipinski definition) is 1. The van der Waals surface area contributed by atoms with Crippen molar-refractivity contribution in [2.75, 3.05) is 0 Å². The van der Waals surface area contributed by atoms with Crippen LogP contribution in [0.15, 0.2) is 29.3 Å². The minimum Gasteiger partial charge on any atom is -0.481 e. The molecule has 1 aromatic rings. The van der Waals surface area contributed by atoms with Gasteiger partial charge >= 0.3 is 5.97 Å². The van der Waals surface area contributed by atoms with E-state index in [-0.39, 0.29) is 6.42 Å². The fourth-order valence-corrected chi connectivity index (χ4v) is 2.17. The normalized spacial score (nSPS) is 14.3. The summed E-state index contributed by atoms with van der Waals surface area (Å²) in [6.45, 7) is 4.00. The number of aliphatic imine (C=N–C) groups is 1. The number of aliphatic carboxylic acids is 1. The number of nitrogens with zero attached hydrogens (tertiary/aromatic N) is 1. The molecule has 3 heteroatoms. The van der Waals surface area contributed by atoms with Gasteiger partial charge in [0.25, 0.3) is 0 Å². The maximum atomic E-state index is 10.8. The molecule has 0 saturated heterocycles. The van der Waals surface area contributed by atoms with Gasteiger partial charge in [-0.05, 0) is 37.3 Å². The first-order chi connectivity index (χ1) is 9.25. The van der Waals surface area contributed by atoms with Crippen molar-refractivity contribution in [3.63, 3.8) is 0 Å². The Bertz CT molecular complexity index is 430. The summed E-state index contributed by atoms with van der Waals surface area (Å²) in [6, 6.07) is 7.52. The van der Waals surface area contributed by atoms with Crippen LogP contribution in [0, 0.1) is 0 Å². The van der Waals surface area contributed by atoms with E-state index in [0.717, 1.165) is 24.1 Å². The number of rotatable bonds is 3. The maximum Gasteiger partial charge on any atom is 0.307 e. The topological polar surface area (TPSA) is 49.7 Å². The van der Waals surface area contributed by atoms with Crippen LogP contribution in [0.2, 0.25) is 0 Å². The smallest absolute Gasteiger partial charge is 0.307 e. The second-order valence-electron chi connectivity index (χ2n) is 4.44. The summed E-state index contributed by atoms with van der Waals surface area (Å²) < 4.78 is 0. The van der Waals surface area contributed by atoms with Gasteiger partial charge in [0.1, 0.15) is 0 Å². The second-order valence-corrected chi connectivity index (χ2v) is 4.44. The van der Waals surface area contributed by atoms with Gasteiger partial charge in [0.05, 0.1) is 12.1 Å². The summed E-state index contributed by atoms with van der Waals surface area (Å²) in [5.41, 5.74) is 2.85. The second kappa shape index (κ2) is 8.46. The van der Waals surface area contributed by atoms with E-state index in [2.05, 4.69) is 4.99 Å². The Kier molecular flexibility index (Phi) is 6.86. The van der Waals surface area contributed by atoms with Gasteiger partial charge in [-0.25, -0.2) is 0 Å². The number of para-hydroxylation sites is 1. The minimum absolute atomic E-state index is 0.0486. The highest BCUT2D eigenvalue weighted by Crippen LogP contribution is 2.23. The highest BCUT2D eigenvalue weighted by atomic mass is 16.4. The van der Waals surface area contributed by atoms with Crippen molar-refractivity contribution in [3.05, 3.63) is 29.8 Å². The third kappa shape index (κ3) is 5.25. The molecular formula is C16H23NO2. The molecule has 1 N–H and O–H groups in total. The Morgan fingerprint density at radius 1 is 1.16 bits per heavy atom. The molecule has 19 heavy (non-hydrogen) atoms. The predicted molar refractivity (Wildman–Crippen MR) is 79.3 cm³/mol. The Morgan fingerprint density at radius 3 is 2.42 bits per heavy atom. The van der Waals surface area contributed by atoms with Crippen molar-refractivity contribution in [3.8, 4) is 0 Å². The lowest BCUT2D eigenvalue weighted by atomic mass is 9.98. The van der Waals surface area contributed by atoms with E-state index in [9.17, 15) is 4.79 Å². The first kappa shape index (κ1) is 15.4. The largest absolute Gasteiger partial charge is 0.481 e. The number of carboxylic acid groups (broad SMARTS) is 1. The van der Waals surface area contributed by atoms with E-state index in [1.807, 2.05) is 38.1 Å². The highest BCUT2D eigenvalue weighted by Gasteiger charge is 2.09. The molecule has 0 bridgehead atoms. The zero-order valence-electron chi connectivity index (χ0n) is 11.9. The van der Waals surface area contributed by atoms with Gasteiger partial charge in [0, 0.05) is 5.71 Å². The average molecular weight is 261 g/mol. The third-order valence-corrected chi connectivity index (χ3v) is 3.04. The molecular weight excluding hydrogens is 238 g/mol. The molecule has 1 aliphatic carbocycles. The van der Waals surface area contributed by atoms with E-state index >= 15 is 0 Å². The van der Waals surface area contributed by atoms with Crippen LogP contribution in [0.25, 0.3) is 0 Å². The van der Waals surface area contributed by atoms with Crippen LogP contribution in [-0.4, -0.2) is 16.8 Å². The standard InChI is InChI=1S/C14H17NO2.C2H6/c16-14(17)10-11-6-4-5-9-13(11)15-12-7-2-1-3-8-12;1-2/h4-6,9H,1-3,7-8,10H2,(H,16,17);1-2H3. The van der Waals surface area contributed by atoms with Crippen molar-refractivity contribution < 1.29 is 9.90 Å². The van der Waals surface area contributed by atoms with E-state index in [1.54, 1.807) is 0 Å². The first-order valence-electron chi connectivity index (χ1n) is 7.12. The molecule has 104 valence electrons. The summed E-state index contributed by atoms with van der Waals surface area (Å²) in [5.74, 6) is -0.804. The van der Waals surface area contributed by atoms with Crippen LogP contribution in [0.1, 0.15) is 51.5 Å². The highest BCUT2D eigenvalue weighted by molar-refractivity contribution is 5.88.